The van der Waals surface area contributed by atoms with Crippen molar-refractivity contribution in [1.29, 1.82) is 0 Å². The van der Waals surface area contributed by atoms with Crippen molar-refractivity contribution in [3.63, 3.8) is 0 Å². The molecular formula is C21H27NO6. The van der Waals surface area contributed by atoms with E-state index in [-0.39, 0.29) is 24.5 Å². The minimum Gasteiger partial charge on any atom is -0.467 e. The van der Waals surface area contributed by atoms with Crippen molar-refractivity contribution in [3.8, 4) is 0 Å². The van der Waals surface area contributed by atoms with Gasteiger partial charge < -0.3 is 19.3 Å². The predicted molar refractivity (Wildman–Crippen MR) is 101 cm³/mol. The summed E-state index contributed by atoms with van der Waals surface area (Å²) < 4.78 is 15.6. The molecule has 2 heterocycles. The van der Waals surface area contributed by atoms with E-state index in [9.17, 15) is 14.7 Å². The normalized spacial score (nSPS) is 27.2. The molecular weight excluding hydrogens is 362 g/mol. The molecule has 2 aliphatic rings. The monoisotopic (exact) mass is 389 g/mol. The van der Waals surface area contributed by atoms with Crippen molar-refractivity contribution >= 4 is 12.1 Å². The zero-order valence-electron chi connectivity index (χ0n) is 16.2. The smallest absolute Gasteiger partial charge is 0.410 e. The van der Waals surface area contributed by atoms with Crippen LogP contribution in [0.25, 0.3) is 0 Å². The molecule has 5 atom stereocenters. The SMILES string of the molecule is C=C(C)[C@H]1CN(C(=O)OCc2ccccc2)[C@@H](C(=O)OC)[C@H]1C[C@H](O)[C@@H]1CO1. The van der Waals surface area contributed by atoms with Crippen molar-refractivity contribution in [2.75, 3.05) is 20.3 Å². The highest BCUT2D eigenvalue weighted by atomic mass is 16.6. The number of nitrogens with zero attached hydrogens (tertiary/aromatic N) is 1. The van der Waals surface area contributed by atoms with Gasteiger partial charge in [0, 0.05) is 18.4 Å². The Hall–Kier alpha value is -2.38. The van der Waals surface area contributed by atoms with Gasteiger partial charge in [-0.15, -0.1) is 0 Å². The maximum absolute atomic E-state index is 12.8. The Morgan fingerprint density at radius 3 is 2.61 bits per heavy atom. The van der Waals surface area contributed by atoms with E-state index in [0.717, 1.165) is 11.1 Å². The number of ether oxygens (including phenoxy) is 3. The first-order valence-corrected chi connectivity index (χ1v) is 9.42. The van der Waals surface area contributed by atoms with Gasteiger partial charge in [0.15, 0.2) is 0 Å². The minimum atomic E-state index is -0.830. The second-order valence-electron chi connectivity index (χ2n) is 7.45. The highest BCUT2D eigenvalue weighted by Gasteiger charge is 2.51. The fourth-order valence-corrected chi connectivity index (χ4v) is 3.85. The van der Waals surface area contributed by atoms with Gasteiger partial charge in [0.2, 0.25) is 0 Å². The van der Waals surface area contributed by atoms with Crippen LogP contribution in [-0.4, -0.2) is 60.6 Å². The van der Waals surface area contributed by atoms with Gasteiger partial charge in [0.25, 0.3) is 0 Å². The summed E-state index contributed by atoms with van der Waals surface area (Å²) in [5, 5.41) is 10.4. The Labute approximate surface area is 164 Å². The third-order valence-electron chi connectivity index (χ3n) is 5.47. The van der Waals surface area contributed by atoms with Gasteiger partial charge in [-0.1, -0.05) is 42.5 Å². The summed E-state index contributed by atoms with van der Waals surface area (Å²) in [4.78, 5) is 26.7. The average molecular weight is 389 g/mol. The van der Waals surface area contributed by atoms with Crippen molar-refractivity contribution in [2.24, 2.45) is 11.8 Å². The topological polar surface area (TPSA) is 88.6 Å². The molecule has 3 rings (SSSR count). The molecule has 2 fully saturated rings. The lowest BCUT2D eigenvalue weighted by Crippen LogP contribution is -2.45. The molecule has 1 N–H and O–H groups in total. The predicted octanol–water partition coefficient (Wildman–Crippen LogP) is 2.14. The molecule has 0 spiro atoms. The molecule has 7 heteroatoms. The van der Waals surface area contributed by atoms with E-state index in [1.54, 1.807) is 0 Å². The largest absolute Gasteiger partial charge is 0.467 e. The fraction of sp³-hybridized carbons (Fsp3) is 0.524. The molecule has 0 aliphatic carbocycles. The molecule has 152 valence electrons. The maximum atomic E-state index is 12.8. The third-order valence-corrected chi connectivity index (χ3v) is 5.47. The second kappa shape index (κ2) is 8.75. The Balaban J connectivity index is 1.76. The van der Waals surface area contributed by atoms with Crippen LogP contribution in [0.1, 0.15) is 18.9 Å². The summed E-state index contributed by atoms with van der Waals surface area (Å²) in [5.41, 5.74) is 1.71. The summed E-state index contributed by atoms with van der Waals surface area (Å²) in [6.45, 7) is 6.81. The van der Waals surface area contributed by atoms with Crippen LogP contribution in [0, 0.1) is 11.8 Å². The van der Waals surface area contributed by atoms with Gasteiger partial charge in [-0.25, -0.2) is 9.59 Å². The number of aliphatic hydroxyl groups is 1. The molecule has 7 nitrogen and oxygen atoms in total. The number of methoxy groups -OCH3 is 1. The van der Waals surface area contributed by atoms with Gasteiger partial charge in [-0.3, -0.25) is 4.90 Å². The lowest BCUT2D eigenvalue weighted by molar-refractivity contribution is -0.147. The maximum Gasteiger partial charge on any atom is 0.410 e. The molecule has 0 bridgehead atoms. The number of hydrogen-bond donors (Lipinski definition) is 1. The Morgan fingerprint density at radius 2 is 2.04 bits per heavy atom. The van der Waals surface area contributed by atoms with Crippen LogP contribution in [0.2, 0.25) is 0 Å². The van der Waals surface area contributed by atoms with Crippen LogP contribution >= 0.6 is 0 Å². The van der Waals surface area contributed by atoms with Crippen LogP contribution in [0.4, 0.5) is 4.79 Å². The lowest BCUT2D eigenvalue weighted by atomic mass is 9.82. The Bertz CT molecular complexity index is 717. The number of carbonyl (C=O) groups is 2. The van der Waals surface area contributed by atoms with E-state index < -0.39 is 24.2 Å². The zero-order chi connectivity index (χ0) is 20.3. The van der Waals surface area contributed by atoms with E-state index in [4.69, 9.17) is 14.2 Å². The van der Waals surface area contributed by atoms with E-state index in [1.165, 1.54) is 12.0 Å². The summed E-state index contributed by atoms with van der Waals surface area (Å²) in [5.74, 6) is -0.968. The first-order chi connectivity index (χ1) is 13.4. The average Bonchev–Trinajstić information content (AvgIpc) is 3.48. The van der Waals surface area contributed by atoms with Gasteiger partial charge >= 0.3 is 12.1 Å². The van der Waals surface area contributed by atoms with Crippen molar-refractivity contribution in [3.05, 3.63) is 48.0 Å². The molecule has 28 heavy (non-hydrogen) atoms. The number of benzene rings is 1. The number of epoxide rings is 1. The summed E-state index contributed by atoms with van der Waals surface area (Å²) in [6.07, 6.45) is -1.16. The Morgan fingerprint density at radius 1 is 1.36 bits per heavy atom. The van der Waals surface area contributed by atoms with E-state index >= 15 is 0 Å². The van der Waals surface area contributed by atoms with Crippen LogP contribution in [-0.2, 0) is 25.6 Å². The third kappa shape index (κ3) is 4.54. The minimum absolute atomic E-state index is 0.116. The summed E-state index contributed by atoms with van der Waals surface area (Å²) >= 11 is 0. The standard InChI is InChI=1S/C21H27NO6/c1-13(2)16-10-22(21(25)28-11-14-7-5-4-6-8-14)19(20(24)26-3)15(16)9-17(23)18-12-27-18/h4-8,15-19,23H,1,9-12H2,2-3H3/t15-,16+,17-,18-,19+/m0/s1. The molecule has 2 saturated heterocycles. The number of rotatable bonds is 7. The number of likely N-dealkylation sites (tertiary alicyclic amines) is 1. The number of carbonyl (C=O) groups excluding carboxylic acids is 2. The molecule has 1 aromatic rings. The van der Waals surface area contributed by atoms with Crippen molar-refractivity contribution in [1.82, 2.24) is 4.90 Å². The molecule has 1 aromatic carbocycles. The number of amides is 1. The van der Waals surface area contributed by atoms with Crippen molar-refractivity contribution < 1.29 is 28.9 Å². The van der Waals surface area contributed by atoms with Crippen LogP contribution in [0.5, 0.6) is 0 Å². The van der Waals surface area contributed by atoms with E-state index in [2.05, 4.69) is 6.58 Å². The van der Waals surface area contributed by atoms with Gasteiger partial charge in [0.1, 0.15) is 18.8 Å². The molecule has 0 saturated carbocycles. The number of hydrogen-bond acceptors (Lipinski definition) is 6. The highest BCUT2D eigenvalue weighted by molar-refractivity contribution is 5.82. The van der Waals surface area contributed by atoms with Gasteiger partial charge in [-0.2, -0.15) is 0 Å². The summed E-state index contributed by atoms with van der Waals surface area (Å²) in [7, 11) is 1.29. The molecule has 1 amide bonds. The zero-order valence-corrected chi connectivity index (χ0v) is 16.2. The van der Waals surface area contributed by atoms with Crippen LogP contribution < -0.4 is 0 Å². The molecule has 0 radical (unpaired) electrons. The number of aliphatic hydroxyl groups excluding tert-OH is 1. The lowest BCUT2D eigenvalue weighted by Gasteiger charge is -2.27. The van der Waals surface area contributed by atoms with Crippen molar-refractivity contribution in [2.45, 2.75) is 38.2 Å². The Kier molecular flexibility index (Phi) is 6.36. The highest BCUT2D eigenvalue weighted by Crippen LogP contribution is 2.39. The first-order valence-electron chi connectivity index (χ1n) is 9.42. The molecule has 2 aliphatic heterocycles. The van der Waals surface area contributed by atoms with Gasteiger partial charge in [0.05, 0.1) is 19.8 Å². The fourth-order valence-electron chi connectivity index (χ4n) is 3.85. The second-order valence-corrected chi connectivity index (χ2v) is 7.45. The van der Waals surface area contributed by atoms with Crippen LogP contribution in [0.15, 0.2) is 42.5 Å². The number of esters is 1. The molecule has 0 aromatic heterocycles. The van der Waals surface area contributed by atoms with E-state index in [0.29, 0.717) is 19.6 Å². The van der Waals surface area contributed by atoms with E-state index in [1.807, 2.05) is 37.3 Å². The quantitative estimate of drug-likeness (QED) is 0.437. The van der Waals surface area contributed by atoms with Gasteiger partial charge in [-0.05, 0) is 18.9 Å². The first kappa shape index (κ1) is 20.4. The van der Waals surface area contributed by atoms with Crippen LogP contribution in [0.3, 0.4) is 0 Å². The molecule has 0 unspecified atom stereocenters. The summed E-state index contributed by atoms with van der Waals surface area (Å²) in [6, 6.07) is 8.51.